The lowest BCUT2D eigenvalue weighted by atomic mass is 10.1. The summed E-state index contributed by atoms with van der Waals surface area (Å²) in [6.45, 7) is 4.42. The molecular formula is C19H23OP. The van der Waals surface area contributed by atoms with Crippen LogP contribution in [0, 0.1) is 5.92 Å². The zero-order chi connectivity index (χ0) is 15.1. The Morgan fingerprint density at radius 2 is 1.38 bits per heavy atom. The van der Waals surface area contributed by atoms with Gasteiger partial charge in [-0.3, -0.25) is 0 Å². The summed E-state index contributed by atoms with van der Waals surface area (Å²) in [5, 5.41) is 1.80. The third kappa shape index (κ3) is 4.19. The van der Waals surface area contributed by atoms with Crippen LogP contribution in [0.2, 0.25) is 0 Å². The number of benzene rings is 2. The van der Waals surface area contributed by atoms with Gasteiger partial charge in [0.2, 0.25) is 0 Å². The first-order valence-corrected chi connectivity index (χ1v) is 9.29. The second-order valence-corrected chi connectivity index (χ2v) is 8.33. The van der Waals surface area contributed by atoms with Crippen LogP contribution in [0.3, 0.4) is 0 Å². The van der Waals surface area contributed by atoms with Crippen LogP contribution in [0.1, 0.15) is 26.7 Å². The van der Waals surface area contributed by atoms with Crippen molar-refractivity contribution in [1.29, 1.82) is 0 Å². The summed E-state index contributed by atoms with van der Waals surface area (Å²) in [6.07, 6.45) is 4.18. The normalized spacial score (nSPS) is 12.1. The molecule has 0 aliphatic carbocycles. The highest BCUT2D eigenvalue weighted by Crippen LogP contribution is 2.45. The highest BCUT2D eigenvalue weighted by atomic mass is 31.2. The lowest BCUT2D eigenvalue weighted by Crippen LogP contribution is -2.13. The first-order valence-electron chi connectivity index (χ1n) is 7.51. The summed E-state index contributed by atoms with van der Waals surface area (Å²) in [6, 6.07) is 19.6. The van der Waals surface area contributed by atoms with Crippen LogP contribution in [0.15, 0.2) is 72.6 Å². The molecule has 0 unspecified atom stereocenters. The molecule has 0 bridgehead atoms. The summed E-state index contributed by atoms with van der Waals surface area (Å²) in [4.78, 5) is 0. The lowest BCUT2D eigenvalue weighted by molar-refractivity contribution is 0.589. The molecule has 110 valence electrons. The summed E-state index contributed by atoms with van der Waals surface area (Å²) < 4.78 is 13.6. The van der Waals surface area contributed by atoms with E-state index >= 15 is 0 Å². The molecule has 0 amide bonds. The van der Waals surface area contributed by atoms with Gasteiger partial charge in [-0.1, -0.05) is 80.6 Å². The molecule has 0 aliphatic rings. The monoisotopic (exact) mass is 298 g/mol. The van der Waals surface area contributed by atoms with Gasteiger partial charge in [-0.05, 0) is 24.6 Å². The Labute approximate surface area is 128 Å². The molecule has 0 radical (unpaired) electrons. The second-order valence-electron chi connectivity index (χ2n) is 5.69. The van der Waals surface area contributed by atoms with Gasteiger partial charge >= 0.3 is 0 Å². The Bertz CT molecular complexity index is 571. The molecule has 0 saturated carbocycles. The van der Waals surface area contributed by atoms with Crippen molar-refractivity contribution in [1.82, 2.24) is 0 Å². The van der Waals surface area contributed by atoms with Crippen molar-refractivity contribution in [3.8, 4) is 0 Å². The van der Waals surface area contributed by atoms with Gasteiger partial charge in [-0.15, -0.1) is 0 Å². The maximum absolute atomic E-state index is 13.6. The van der Waals surface area contributed by atoms with Gasteiger partial charge in [-0.25, -0.2) is 0 Å². The van der Waals surface area contributed by atoms with Gasteiger partial charge in [0.05, 0.1) is 0 Å². The molecule has 1 nitrogen and oxygen atoms in total. The quantitative estimate of drug-likeness (QED) is 0.690. The third-order valence-electron chi connectivity index (χ3n) is 3.51. The molecule has 0 aromatic heterocycles. The Kier molecular flexibility index (Phi) is 5.59. The lowest BCUT2D eigenvalue weighted by Gasteiger charge is -2.15. The van der Waals surface area contributed by atoms with Crippen molar-refractivity contribution in [2.75, 3.05) is 0 Å². The van der Waals surface area contributed by atoms with Crippen molar-refractivity contribution in [3.05, 3.63) is 72.6 Å². The summed E-state index contributed by atoms with van der Waals surface area (Å²) >= 11 is 0. The third-order valence-corrected chi connectivity index (χ3v) is 6.27. The summed E-state index contributed by atoms with van der Waals surface area (Å²) in [5.74, 6) is 2.60. The van der Waals surface area contributed by atoms with Gasteiger partial charge in [-0.2, -0.15) is 0 Å². The topological polar surface area (TPSA) is 17.1 Å². The van der Waals surface area contributed by atoms with Gasteiger partial charge in [0.25, 0.3) is 0 Å². The summed E-state index contributed by atoms with van der Waals surface area (Å²) in [5.41, 5.74) is 0. The number of allylic oxidation sites excluding steroid dienone is 1. The molecule has 2 aromatic rings. The van der Waals surface area contributed by atoms with E-state index in [4.69, 9.17) is 0 Å². The van der Waals surface area contributed by atoms with E-state index < -0.39 is 7.14 Å². The highest BCUT2D eigenvalue weighted by Gasteiger charge is 2.23. The van der Waals surface area contributed by atoms with Crippen LogP contribution in [0.4, 0.5) is 0 Å². The maximum atomic E-state index is 13.6. The zero-order valence-electron chi connectivity index (χ0n) is 12.8. The van der Waals surface area contributed by atoms with E-state index in [1.54, 1.807) is 0 Å². The predicted octanol–water partition coefficient (Wildman–Crippen LogP) is 4.95. The van der Waals surface area contributed by atoms with Crippen molar-refractivity contribution >= 4 is 17.8 Å². The van der Waals surface area contributed by atoms with Crippen LogP contribution < -0.4 is 10.6 Å². The second kappa shape index (κ2) is 7.43. The largest absolute Gasteiger partial charge is 0.309 e. The number of hydrogen-bond donors (Lipinski definition) is 0. The van der Waals surface area contributed by atoms with Gasteiger partial charge < -0.3 is 4.57 Å². The molecule has 0 atom stereocenters. The molecule has 0 aliphatic heterocycles. The fourth-order valence-corrected chi connectivity index (χ4v) is 4.59. The molecular weight excluding hydrogens is 275 g/mol. The summed E-state index contributed by atoms with van der Waals surface area (Å²) in [7, 11) is -2.66. The van der Waals surface area contributed by atoms with Crippen LogP contribution in [0.25, 0.3) is 0 Å². The van der Waals surface area contributed by atoms with Gasteiger partial charge in [0.15, 0.2) is 7.14 Å². The maximum Gasteiger partial charge on any atom is 0.163 e. The average molecular weight is 298 g/mol. The fraction of sp³-hybridized carbons (Fsp3) is 0.263. The van der Waals surface area contributed by atoms with E-state index in [-0.39, 0.29) is 0 Å². The number of rotatable bonds is 6. The SMILES string of the molecule is CC(C)CC/C=C\P(=O)(c1ccccc1)c1ccccc1. The Morgan fingerprint density at radius 3 is 1.81 bits per heavy atom. The van der Waals surface area contributed by atoms with Crippen molar-refractivity contribution in [2.45, 2.75) is 26.7 Å². The molecule has 21 heavy (non-hydrogen) atoms. The minimum Gasteiger partial charge on any atom is -0.309 e. The van der Waals surface area contributed by atoms with E-state index in [1.165, 1.54) is 0 Å². The number of hydrogen-bond acceptors (Lipinski definition) is 1. The van der Waals surface area contributed by atoms with Crippen molar-refractivity contribution in [3.63, 3.8) is 0 Å². The molecule has 0 spiro atoms. The predicted molar refractivity (Wildman–Crippen MR) is 93.0 cm³/mol. The smallest absolute Gasteiger partial charge is 0.163 e. The van der Waals surface area contributed by atoms with E-state index in [1.807, 2.05) is 66.5 Å². The minimum absolute atomic E-state index is 0.669. The minimum atomic E-state index is -2.66. The Hall–Kier alpha value is -1.59. The molecule has 0 N–H and O–H groups in total. The molecule has 2 heteroatoms. The Morgan fingerprint density at radius 1 is 0.905 bits per heavy atom. The van der Waals surface area contributed by atoms with E-state index in [9.17, 15) is 4.57 Å². The zero-order valence-corrected chi connectivity index (χ0v) is 13.7. The van der Waals surface area contributed by atoms with Crippen molar-refractivity contribution < 1.29 is 4.57 Å². The van der Waals surface area contributed by atoms with Gasteiger partial charge in [0.1, 0.15) is 0 Å². The van der Waals surface area contributed by atoms with Crippen molar-refractivity contribution in [2.24, 2.45) is 5.92 Å². The fourth-order valence-electron chi connectivity index (χ4n) is 2.27. The van der Waals surface area contributed by atoms with Gasteiger partial charge in [0, 0.05) is 10.6 Å². The van der Waals surface area contributed by atoms with Crippen LogP contribution in [-0.4, -0.2) is 0 Å². The van der Waals surface area contributed by atoms with E-state index in [0.29, 0.717) is 5.92 Å². The molecule has 0 heterocycles. The van der Waals surface area contributed by atoms with E-state index in [2.05, 4.69) is 19.9 Å². The molecule has 0 saturated heterocycles. The Balaban J connectivity index is 2.34. The van der Waals surface area contributed by atoms with Crippen LogP contribution in [0.5, 0.6) is 0 Å². The standard InChI is InChI=1S/C19H23OP/c1-17(2)11-9-10-16-21(20,18-12-5-3-6-13-18)19-14-7-4-8-15-19/h3-8,10,12-17H,9,11H2,1-2H3/b16-10-. The molecule has 2 rings (SSSR count). The first-order chi connectivity index (χ1) is 10.1. The molecule has 0 fully saturated rings. The van der Waals surface area contributed by atoms with Crippen LogP contribution >= 0.6 is 7.14 Å². The highest BCUT2D eigenvalue weighted by molar-refractivity contribution is 7.81. The first kappa shape index (κ1) is 15.8. The van der Waals surface area contributed by atoms with Crippen LogP contribution in [-0.2, 0) is 4.57 Å². The van der Waals surface area contributed by atoms with E-state index in [0.717, 1.165) is 23.5 Å². The molecule has 2 aromatic carbocycles. The average Bonchev–Trinajstić information content (AvgIpc) is 2.53.